The Bertz CT molecular complexity index is 336. The van der Waals surface area contributed by atoms with Crippen LogP contribution in [0.3, 0.4) is 0 Å². The largest absolute Gasteiger partial charge is 0.376 e. The topological polar surface area (TPSA) is 87.1 Å². The van der Waals surface area contributed by atoms with Crippen LogP contribution in [-0.2, 0) is 14.4 Å². The second-order valence-corrected chi connectivity index (χ2v) is 4.24. The fourth-order valence-electron chi connectivity index (χ4n) is 1.81. The summed E-state index contributed by atoms with van der Waals surface area (Å²) in [6.45, 7) is 0.571. The molecule has 0 aromatic rings. The van der Waals surface area contributed by atoms with Gasteiger partial charge >= 0.3 is 0 Å². The number of ketones is 2. The molecule has 1 fully saturated rings. The number of carbonyl (C=O) groups is 2. The zero-order chi connectivity index (χ0) is 12.4. The molecular weight excluding hydrogens is 226 g/mol. The first-order valence-electron chi connectivity index (χ1n) is 5.63. The minimum atomic E-state index is -1.09. The Morgan fingerprint density at radius 1 is 1.41 bits per heavy atom. The quantitative estimate of drug-likeness (QED) is 0.492. The molecule has 6 heteroatoms. The molecular formula is C11H15NO5. The summed E-state index contributed by atoms with van der Waals surface area (Å²) in [5, 5.41) is 20.0. The lowest BCUT2D eigenvalue weighted by Crippen LogP contribution is -2.49. The fourth-order valence-corrected chi connectivity index (χ4v) is 1.81. The van der Waals surface area contributed by atoms with Gasteiger partial charge in [0.05, 0.1) is 5.92 Å². The zero-order valence-electron chi connectivity index (χ0n) is 9.28. The Hall–Kier alpha value is -1.08. The van der Waals surface area contributed by atoms with Crippen molar-refractivity contribution < 1.29 is 24.6 Å². The molecule has 0 saturated carbocycles. The number of hydroxylamine groups is 2. The van der Waals surface area contributed by atoms with Crippen LogP contribution in [0.25, 0.3) is 0 Å². The van der Waals surface area contributed by atoms with Gasteiger partial charge in [0, 0.05) is 19.4 Å². The third kappa shape index (κ3) is 2.78. The molecule has 0 aromatic carbocycles. The molecule has 1 saturated heterocycles. The van der Waals surface area contributed by atoms with Crippen molar-refractivity contribution in [3.05, 3.63) is 12.2 Å². The van der Waals surface area contributed by atoms with Crippen LogP contribution in [0.15, 0.2) is 12.2 Å². The van der Waals surface area contributed by atoms with Crippen molar-refractivity contribution in [1.29, 1.82) is 0 Å². The first kappa shape index (κ1) is 12.4. The van der Waals surface area contributed by atoms with Gasteiger partial charge in [-0.15, -0.1) is 0 Å². The van der Waals surface area contributed by atoms with Crippen LogP contribution < -0.4 is 0 Å². The van der Waals surface area contributed by atoms with Crippen LogP contribution in [0, 0.1) is 5.92 Å². The molecule has 0 bridgehead atoms. The maximum Gasteiger partial charge on any atom is 0.174 e. The number of carbonyl (C=O) groups excluding carboxylic acids is 2. The zero-order valence-corrected chi connectivity index (χ0v) is 9.28. The van der Waals surface area contributed by atoms with Crippen molar-refractivity contribution in [2.75, 3.05) is 6.54 Å². The molecule has 1 aliphatic heterocycles. The van der Waals surface area contributed by atoms with Gasteiger partial charge in [0.25, 0.3) is 0 Å². The molecule has 6 nitrogen and oxygen atoms in total. The highest BCUT2D eigenvalue weighted by molar-refractivity contribution is 6.18. The van der Waals surface area contributed by atoms with Crippen LogP contribution >= 0.6 is 0 Å². The summed E-state index contributed by atoms with van der Waals surface area (Å²) >= 11 is 0. The molecule has 0 aromatic heterocycles. The lowest BCUT2D eigenvalue weighted by atomic mass is 9.99. The van der Waals surface area contributed by atoms with E-state index in [2.05, 4.69) is 0 Å². The average Bonchev–Trinajstić information content (AvgIpc) is 2.61. The average molecular weight is 241 g/mol. The SMILES string of the molecule is O=C1C=CC(=O)C1CCC(O)ON1CCC1O. The minimum absolute atomic E-state index is 0.188. The summed E-state index contributed by atoms with van der Waals surface area (Å²) in [5.74, 6) is -1.10. The van der Waals surface area contributed by atoms with E-state index < -0.39 is 18.4 Å². The third-order valence-electron chi connectivity index (χ3n) is 3.00. The van der Waals surface area contributed by atoms with Crippen molar-refractivity contribution >= 4 is 11.6 Å². The molecule has 2 atom stereocenters. The van der Waals surface area contributed by atoms with Crippen LogP contribution in [0.1, 0.15) is 19.3 Å². The molecule has 1 heterocycles. The first-order chi connectivity index (χ1) is 8.08. The standard InChI is InChI=1S/C11H15NO5/c13-8-2-3-9(14)7(8)1-4-11(16)17-12-6-5-10(12)15/h2-3,7,10-11,15-16H,1,4-6H2. The van der Waals surface area contributed by atoms with Gasteiger partial charge in [-0.3, -0.25) is 14.4 Å². The lowest BCUT2D eigenvalue weighted by molar-refractivity contribution is -0.348. The van der Waals surface area contributed by atoms with Crippen LogP contribution in [0.5, 0.6) is 0 Å². The van der Waals surface area contributed by atoms with Crippen LogP contribution in [0.2, 0.25) is 0 Å². The van der Waals surface area contributed by atoms with E-state index in [1.807, 2.05) is 0 Å². The highest BCUT2D eigenvalue weighted by Crippen LogP contribution is 2.20. The van der Waals surface area contributed by atoms with Gasteiger partial charge in [-0.05, 0) is 18.6 Å². The second-order valence-electron chi connectivity index (χ2n) is 4.24. The van der Waals surface area contributed by atoms with Crippen LogP contribution in [-0.4, -0.2) is 45.9 Å². The molecule has 2 aliphatic rings. The van der Waals surface area contributed by atoms with Gasteiger partial charge in [-0.1, -0.05) is 0 Å². The number of allylic oxidation sites excluding steroid dienone is 2. The molecule has 2 N–H and O–H groups in total. The summed E-state index contributed by atoms with van der Waals surface area (Å²) in [5.41, 5.74) is 0. The Kier molecular flexibility index (Phi) is 3.68. The van der Waals surface area contributed by atoms with Gasteiger partial charge in [-0.25, -0.2) is 0 Å². The van der Waals surface area contributed by atoms with E-state index >= 15 is 0 Å². The molecule has 2 unspecified atom stereocenters. The summed E-state index contributed by atoms with van der Waals surface area (Å²) in [6.07, 6.45) is 1.84. The van der Waals surface area contributed by atoms with Gasteiger partial charge in [-0.2, -0.15) is 5.06 Å². The molecule has 17 heavy (non-hydrogen) atoms. The Balaban J connectivity index is 1.71. The number of hydrogen-bond acceptors (Lipinski definition) is 6. The van der Waals surface area contributed by atoms with Crippen molar-refractivity contribution in [1.82, 2.24) is 5.06 Å². The second kappa shape index (κ2) is 5.05. The summed E-state index contributed by atoms with van der Waals surface area (Å²) in [4.78, 5) is 27.5. The third-order valence-corrected chi connectivity index (χ3v) is 3.00. The van der Waals surface area contributed by atoms with E-state index in [-0.39, 0.29) is 24.4 Å². The number of aliphatic hydroxyl groups excluding tert-OH is 2. The minimum Gasteiger partial charge on any atom is -0.376 e. The van der Waals surface area contributed by atoms with E-state index in [4.69, 9.17) is 4.84 Å². The Morgan fingerprint density at radius 2 is 2.06 bits per heavy atom. The maximum absolute atomic E-state index is 11.3. The number of aliphatic hydroxyl groups is 2. The van der Waals surface area contributed by atoms with E-state index in [0.29, 0.717) is 13.0 Å². The predicted octanol–water partition coefficient (Wildman–Crippen LogP) is -0.635. The number of rotatable bonds is 5. The van der Waals surface area contributed by atoms with Crippen molar-refractivity contribution in [3.8, 4) is 0 Å². The smallest absolute Gasteiger partial charge is 0.174 e. The highest BCUT2D eigenvalue weighted by Gasteiger charge is 2.31. The Labute approximate surface area is 98.4 Å². The van der Waals surface area contributed by atoms with Gasteiger partial charge in [0.1, 0.15) is 6.23 Å². The molecule has 0 radical (unpaired) electrons. The lowest BCUT2D eigenvalue weighted by Gasteiger charge is -2.36. The Morgan fingerprint density at radius 3 is 2.53 bits per heavy atom. The monoisotopic (exact) mass is 241 g/mol. The van der Waals surface area contributed by atoms with E-state index in [1.165, 1.54) is 17.2 Å². The van der Waals surface area contributed by atoms with Crippen molar-refractivity contribution in [2.24, 2.45) is 5.92 Å². The molecule has 0 amide bonds. The van der Waals surface area contributed by atoms with Gasteiger partial charge < -0.3 is 10.2 Å². The summed E-state index contributed by atoms with van der Waals surface area (Å²) in [7, 11) is 0. The van der Waals surface area contributed by atoms with Crippen LogP contribution in [0.4, 0.5) is 0 Å². The number of nitrogens with zero attached hydrogens (tertiary/aromatic N) is 1. The van der Waals surface area contributed by atoms with Gasteiger partial charge in [0.2, 0.25) is 0 Å². The summed E-state index contributed by atoms with van der Waals surface area (Å²) in [6, 6.07) is 0. The van der Waals surface area contributed by atoms with Crippen molar-refractivity contribution in [3.63, 3.8) is 0 Å². The predicted molar refractivity (Wildman–Crippen MR) is 56.3 cm³/mol. The van der Waals surface area contributed by atoms with Crippen molar-refractivity contribution in [2.45, 2.75) is 31.8 Å². The fraction of sp³-hybridized carbons (Fsp3) is 0.636. The van der Waals surface area contributed by atoms with E-state index in [9.17, 15) is 19.8 Å². The molecule has 1 aliphatic carbocycles. The van der Waals surface area contributed by atoms with E-state index in [0.717, 1.165) is 0 Å². The molecule has 94 valence electrons. The van der Waals surface area contributed by atoms with E-state index in [1.54, 1.807) is 0 Å². The normalized spacial score (nSPS) is 27.5. The first-order valence-corrected chi connectivity index (χ1v) is 5.63. The highest BCUT2D eigenvalue weighted by atomic mass is 16.8. The number of hydrogen-bond donors (Lipinski definition) is 2. The molecule has 0 spiro atoms. The van der Waals surface area contributed by atoms with Gasteiger partial charge in [0.15, 0.2) is 17.9 Å². The molecule has 2 rings (SSSR count). The summed E-state index contributed by atoms with van der Waals surface area (Å²) < 4.78 is 0. The maximum atomic E-state index is 11.3.